The number of amidine groups is 1. The summed E-state index contributed by atoms with van der Waals surface area (Å²) in [6.45, 7) is 1.55. The van der Waals surface area contributed by atoms with Crippen LogP contribution in [0, 0.1) is 0 Å². The highest BCUT2D eigenvalue weighted by molar-refractivity contribution is 8.13. The number of benzene rings is 2. The molecule has 3 nitrogen and oxygen atoms in total. The molecule has 1 atom stereocenters. The average molecular weight is 300 g/mol. The van der Waals surface area contributed by atoms with Crippen molar-refractivity contribution in [1.29, 1.82) is 0 Å². The number of nitrogens with two attached hydrogens (primary N) is 1. The molecule has 0 spiro atoms. The summed E-state index contributed by atoms with van der Waals surface area (Å²) in [6.07, 6.45) is 2.51. The molecule has 1 aliphatic heterocycles. The summed E-state index contributed by atoms with van der Waals surface area (Å²) in [5.74, 6) is 0.849. The zero-order chi connectivity index (χ0) is 14.5. The predicted octanol–water partition coefficient (Wildman–Crippen LogP) is 3.57. The molecule has 1 aliphatic rings. The molecule has 1 heterocycles. The molecule has 0 saturated carbocycles. The van der Waals surface area contributed by atoms with E-state index in [4.69, 9.17) is 10.5 Å². The second-order valence-electron chi connectivity index (χ2n) is 5.24. The molecule has 21 heavy (non-hydrogen) atoms. The van der Waals surface area contributed by atoms with Crippen LogP contribution in [0.1, 0.15) is 18.4 Å². The third-order valence-corrected chi connectivity index (χ3v) is 4.61. The zero-order valence-electron chi connectivity index (χ0n) is 12.0. The van der Waals surface area contributed by atoms with Gasteiger partial charge in [0.05, 0.1) is 12.6 Å². The highest BCUT2D eigenvalue weighted by atomic mass is 32.2. The van der Waals surface area contributed by atoms with E-state index in [-0.39, 0.29) is 6.10 Å². The Morgan fingerprint density at radius 1 is 1.24 bits per heavy atom. The molecule has 4 heteroatoms. The van der Waals surface area contributed by atoms with E-state index in [9.17, 15) is 0 Å². The number of aliphatic imine (C=N–C) groups is 1. The van der Waals surface area contributed by atoms with Gasteiger partial charge in [0.25, 0.3) is 0 Å². The number of thioether (sulfide) groups is 1. The van der Waals surface area contributed by atoms with Gasteiger partial charge in [0.15, 0.2) is 5.17 Å². The summed E-state index contributed by atoms with van der Waals surface area (Å²) in [5, 5.41) is 3.21. The highest BCUT2D eigenvalue weighted by Crippen LogP contribution is 2.22. The summed E-state index contributed by atoms with van der Waals surface area (Å²) in [4.78, 5) is 4.43. The maximum atomic E-state index is 6.00. The third kappa shape index (κ3) is 3.77. The molecule has 0 amide bonds. The molecule has 2 aromatic rings. The molecule has 3 rings (SSSR count). The van der Waals surface area contributed by atoms with Gasteiger partial charge in [0, 0.05) is 12.4 Å². The Morgan fingerprint density at radius 3 is 2.95 bits per heavy atom. The molecule has 2 aromatic carbocycles. The predicted molar refractivity (Wildman–Crippen MR) is 90.7 cm³/mol. The van der Waals surface area contributed by atoms with Crippen LogP contribution in [-0.4, -0.2) is 24.4 Å². The average Bonchev–Trinajstić information content (AvgIpc) is 3.04. The lowest BCUT2D eigenvalue weighted by Gasteiger charge is -2.08. The summed E-state index contributed by atoms with van der Waals surface area (Å²) in [5.41, 5.74) is 7.30. The topological polar surface area (TPSA) is 47.6 Å². The first-order chi connectivity index (χ1) is 10.3. The minimum absolute atomic E-state index is 0.265. The van der Waals surface area contributed by atoms with Crippen molar-refractivity contribution in [3.05, 3.63) is 48.0 Å². The maximum absolute atomic E-state index is 6.00. The lowest BCUT2D eigenvalue weighted by atomic mass is 10.1. The Morgan fingerprint density at radius 2 is 2.10 bits per heavy atom. The maximum Gasteiger partial charge on any atom is 0.154 e. The molecular formula is C17H20N2OS. The van der Waals surface area contributed by atoms with Crippen LogP contribution >= 0.6 is 11.8 Å². The van der Waals surface area contributed by atoms with E-state index >= 15 is 0 Å². The van der Waals surface area contributed by atoms with E-state index in [0.717, 1.165) is 25.2 Å². The van der Waals surface area contributed by atoms with Crippen LogP contribution in [0.25, 0.3) is 10.8 Å². The Balaban J connectivity index is 1.61. The first-order valence-corrected chi connectivity index (χ1v) is 8.32. The fourth-order valence-corrected chi connectivity index (χ4v) is 3.32. The smallest absolute Gasteiger partial charge is 0.154 e. The quantitative estimate of drug-likeness (QED) is 0.693. The van der Waals surface area contributed by atoms with Crippen molar-refractivity contribution < 1.29 is 4.74 Å². The monoisotopic (exact) mass is 300 g/mol. The van der Waals surface area contributed by atoms with Gasteiger partial charge in [-0.2, -0.15) is 0 Å². The van der Waals surface area contributed by atoms with Crippen LogP contribution in [0.15, 0.2) is 47.5 Å². The molecule has 0 bridgehead atoms. The molecule has 0 unspecified atom stereocenters. The van der Waals surface area contributed by atoms with Crippen molar-refractivity contribution in [2.24, 2.45) is 10.7 Å². The molecule has 1 saturated heterocycles. The van der Waals surface area contributed by atoms with Gasteiger partial charge in [-0.25, -0.2) is 0 Å². The van der Waals surface area contributed by atoms with Gasteiger partial charge in [-0.15, -0.1) is 0 Å². The highest BCUT2D eigenvalue weighted by Gasteiger charge is 2.14. The van der Waals surface area contributed by atoms with Crippen molar-refractivity contribution in [1.82, 2.24) is 0 Å². The van der Waals surface area contributed by atoms with Crippen LogP contribution in [-0.2, 0) is 10.5 Å². The Hall–Kier alpha value is -1.52. The van der Waals surface area contributed by atoms with E-state index < -0.39 is 0 Å². The molecule has 0 aliphatic carbocycles. The van der Waals surface area contributed by atoms with E-state index in [1.165, 1.54) is 16.3 Å². The van der Waals surface area contributed by atoms with Gasteiger partial charge in [-0.05, 0) is 29.2 Å². The second kappa shape index (κ2) is 6.96. The van der Waals surface area contributed by atoms with Crippen LogP contribution in [0.5, 0.6) is 0 Å². The van der Waals surface area contributed by atoms with Crippen molar-refractivity contribution in [2.75, 3.05) is 13.2 Å². The van der Waals surface area contributed by atoms with Crippen molar-refractivity contribution in [3.8, 4) is 0 Å². The van der Waals surface area contributed by atoms with Crippen LogP contribution in [0.2, 0.25) is 0 Å². The van der Waals surface area contributed by atoms with E-state index in [1.807, 2.05) is 0 Å². The number of ether oxygens (including phenoxy) is 1. The molecule has 1 fully saturated rings. The molecule has 0 radical (unpaired) electrons. The minimum atomic E-state index is 0.265. The largest absolute Gasteiger partial charge is 0.379 e. The van der Waals surface area contributed by atoms with Crippen LogP contribution in [0.4, 0.5) is 0 Å². The van der Waals surface area contributed by atoms with Gasteiger partial charge in [-0.1, -0.05) is 54.2 Å². The van der Waals surface area contributed by atoms with Crippen molar-refractivity contribution >= 4 is 27.7 Å². The van der Waals surface area contributed by atoms with Gasteiger partial charge < -0.3 is 10.5 Å². The van der Waals surface area contributed by atoms with Gasteiger partial charge in [-0.3, -0.25) is 4.99 Å². The minimum Gasteiger partial charge on any atom is -0.379 e. The Kier molecular flexibility index (Phi) is 4.78. The summed E-state index contributed by atoms with van der Waals surface area (Å²) < 4.78 is 5.55. The van der Waals surface area contributed by atoms with Crippen molar-refractivity contribution in [3.63, 3.8) is 0 Å². The Bertz CT molecular complexity index is 630. The van der Waals surface area contributed by atoms with E-state index in [0.29, 0.717) is 11.7 Å². The number of hydrogen-bond acceptors (Lipinski definition) is 3. The third-order valence-electron chi connectivity index (χ3n) is 3.73. The van der Waals surface area contributed by atoms with Crippen LogP contribution < -0.4 is 5.73 Å². The number of rotatable bonds is 4. The molecule has 2 N–H and O–H groups in total. The van der Waals surface area contributed by atoms with E-state index in [2.05, 4.69) is 47.5 Å². The second-order valence-corrected chi connectivity index (χ2v) is 6.24. The van der Waals surface area contributed by atoms with Crippen molar-refractivity contribution in [2.45, 2.75) is 24.7 Å². The number of nitrogens with zero attached hydrogens (tertiary/aromatic N) is 1. The lowest BCUT2D eigenvalue weighted by Crippen LogP contribution is -2.14. The first kappa shape index (κ1) is 14.4. The van der Waals surface area contributed by atoms with Gasteiger partial charge in [0.2, 0.25) is 0 Å². The number of fused-ring (bicyclic) bond motifs is 1. The lowest BCUT2D eigenvalue weighted by molar-refractivity contribution is 0.118. The fourth-order valence-electron chi connectivity index (χ4n) is 2.60. The van der Waals surface area contributed by atoms with Crippen LogP contribution in [0.3, 0.4) is 0 Å². The number of hydrogen-bond donors (Lipinski definition) is 1. The normalized spacial score (nSPS) is 19.2. The van der Waals surface area contributed by atoms with Gasteiger partial charge >= 0.3 is 0 Å². The zero-order valence-corrected chi connectivity index (χ0v) is 12.8. The summed E-state index contributed by atoms with van der Waals surface area (Å²) in [7, 11) is 0. The standard InChI is InChI=1S/C17H20N2OS/c18-17(19-11-15-8-4-10-20-15)21-12-14-7-3-6-13-5-1-2-9-16(13)14/h1-3,5-7,9,15H,4,8,10-12H2,(H2,18,19)/t15-/m1/s1. The fraction of sp³-hybridized carbons (Fsp3) is 0.353. The summed E-state index contributed by atoms with van der Waals surface area (Å²) >= 11 is 1.60. The molecular weight excluding hydrogens is 280 g/mol. The van der Waals surface area contributed by atoms with Gasteiger partial charge in [0.1, 0.15) is 0 Å². The van der Waals surface area contributed by atoms with E-state index in [1.54, 1.807) is 11.8 Å². The SMILES string of the molecule is NC(=NC[C@H]1CCCO1)SCc1cccc2ccccc12. The summed E-state index contributed by atoms with van der Waals surface area (Å²) in [6, 6.07) is 14.8. The first-order valence-electron chi connectivity index (χ1n) is 7.34. The molecule has 110 valence electrons. The Labute approximate surface area is 129 Å². The molecule has 0 aromatic heterocycles.